The van der Waals surface area contributed by atoms with E-state index < -0.39 is 6.10 Å². The summed E-state index contributed by atoms with van der Waals surface area (Å²) in [6.07, 6.45) is -0.527. The van der Waals surface area contributed by atoms with Gasteiger partial charge < -0.3 is 15.3 Å². The summed E-state index contributed by atoms with van der Waals surface area (Å²) in [5.74, 6) is 0. The molecule has 19 heavy (non-hydrogen) atoms. The van der Waals surface area contributed by atoms with Gasteiger partial charge in [0.2, 0.25) is 0 Å². The zero-order valence-electron chi connectivity index (χ0n) is 12.2. The lowest BCUT2D eigenvalue weighted by Gasteiger charge is -2.28. The maximum Gasteiger partial charge on any atom is 0.318 e. The summed E-state index contributed by atoms with van der Waals surface area (Å²) in [6, 6.07) is -0.0970. The van der Waals surface area contributed by atoms with E-state index in [-0.39, 0.29) is 12.1 Å². The summed E-state index contributed by atoms with van der Waals surface area (Å²) >= 11 is 1.60. The minimum atomic E-state index is -0.527. The molecule has 1 rings (SSSR count). The number of hydrogen-bond acceptors (Lipinski definition) is 4. The zero-order valence-corrected chi connectivity index (χ0v) is 13.0. The fraction of sp³-hybridized carbons (Fsp3) is 0.692. The fourth-order valence-corrected chi connectivity index (χ4v) is 2.68. The number of hydrogen-bond donors (Lipinski definition) is 2. The van der Waals surface area contributed by atoms with Crippen molar-refractivity contribution in [2.45, 2.75) is 53.3 Å². The Bertz CT molecular complexity index is 430. The highest BCUT2D eigenvalue weighted by Gasteiger charge is 2.18. The highest BCUT2D eigenvalue weighted by molar-refractivity contribution is 7.11. The average molecular weight is 285 g/mol. The molecule has 1 aromatic rings. The maximum absolute atomic E-state index is 12.1. The topological polar surface area (TPSA) is 65.5 Å². The van der Waals surface area contributed by atoms with Crippen molar-refractivity contribution in [3.8, 4) is 0 Å². The van der Waals surface area contributed by atoms with Crippen LogP contribution in [-0.2, 0) is 6.54 Å². The number of aromatic nitrogens is 1. The SMILES string of the molecule is Cc1nc(C)c(CNC(=O)N(CC(C)O)C(C)C)s1. The van der Waals surface area contributed by atoms with Crippen molar-refractivity contribution < 1.29 is 9.90 Å². The Morgan fingerprint density at radius 3 is 2.47 bits per heavy atom. The van der Waals surface area contributed by atoms with E-state index >= 15 is 0 Å². The summed E-state index contributed by atoms with van der Waals surface area (Å²) in [6.45, 7) is 10.3. The van der Waals surface area contributed by atoms with Crippen molar-refractivity contribution in [2.75, 3.05) is 6.54 Å². The first kappa shape index (κ1) is 15.9. The molecule has 0 spiro atoms. The second-order valence-electron chi connectivity index (χ2n) is 5.00. The number of aliphatic hydroxyl groups excluding tert-OH is 1. The first-order valence-corrected chi connectivity index (χ1v) is 7.28. The number of thiazole rings is 1. The molecule has 0 aromatic carbocycles. The number of carbonyl (C=O) groups excluding carboxylic acids is 1. The van der Waals surface area contributed by atoms with Crippen LogP contribution in [0.25, 0.3) is 0 Å². The molecule has 108 valence electrons. The summed E-state index contributed by atoms with van der Waals surface area (Å²) in [5.41, 5.74) is 0.967. The van der Waals surface area contributed by atoms with Crippen LogP contribution in [0.2, 0.25) is 0 Å². The molecule has 6 heteroatoms. The first-order chi connectivity index (χ1) is 8.81. The summed E-state index contributed by atoms with van der Waals surface area (Å²) < 4.78 is 0. The molecule has 0 aliphatic rings. The van der Waals surface area contributed by atoms with Crippen molar-refractivity contribution >= 4 is 17.4 Å². The largest absolute Gasteiger partial charge is 0.392 e. The summed E-state index contributed by atoms with van der Waals surface area (Å²) in [5, 5.41) is 13.3. The normalized spacial score (nSPS) is 12.6. The molecule has 0 aliphatic heterocycles. The smallest absolute Gasteiger partial charge is 0.318 e. The molecular weight excluding hydrogens is 262 g/mol. The van der Waals surface area contributed by atoms with Gasteiger partial charge in [-0.1, -0.05) is 0 Å². The van der Waals surface area contributed by atoms with Crippen LogP contribution in [0.5, 0.6) is 0 Å². The summed E-state index contributed by atoms with van der Waals surface area (Å²) in [7, 11) is 0. The third kappa shape index (κ3) is 4.80. The number of aliphatic hydroxyl groups is 1. The second kappa shape index (κ2) is 6.86. The predicted octanol–water partition coefficient (Wildman–Crippen LogP) is 2.06. The molecular formula is C13H23N3O2S. The Kier molecular flexibility index (Phi) is 5.75. The van der Waals surface area contributed by atoms with Crippen LogP contribution in [-0.4, -0.2) is 39.7 Å². The van der Waals surface area contributed by atoms with E-state index in [1.54, 1.807) is 23.2 Å². The quantitative estimate of drug-likeness (QED) is 0.870. The van der Waals surface area contributed by atoms with Gasteiger partial charge in [0.25, 0.3) is 0 Å². The predicted molar refractivity (Wildman–Crippen MR) is 77.3 cm³/mol. The molecule has 0 bridgehead atoms. The molecule has 5 nitrogen and oxygen atoms in total. The van der Waals surface area contributed by atoms with E-state index in [0.29, 0.717) is 13.1 Å². The van der Waals surface area contributed by atoms with Crippen LogP contribution in [0.4, 0.5) is 4.79 Å². The Labute approximate surface area is 118 Å². The van der Waals surface area contributed by atoms with Gasteiger partial charge in [0.05, 0.1) is 23.4 Å². The molecule has 0 fully saturated rings. The lowest BCUT2D eigenvalue weighted by Crippen LogP contribution is -2.46. The van der Waals surface area contributed by atoms with Crippen LogP contribution in [0, 0.1) is 13.8 Å². The third-order valence-corrected chi connectivity index (χ3v) is 3.82. The molecule has 1 atom stereocenters. The molecule has 1 aromatic heterocycles. The van der Waals surface area contributed by atoms with Crippen molar-refractivity contribution in [3.05, 3.63) is 15.6 Å². The van der Waals surface area contributed by atoms with Gasteiger partial charge in [-0.05, 0) is 34.6 Å². The standard InChI is InChI=1S/C13H23N3O2S/c1-8(2)16(7-9(3)17)13(18)14-6-12-10(4)15-11(5)19-12/h8-9,17H,6-7H2,1-5H3,(H,14,18). The Hall–Kier alpha value is -1.14. The molecule has 1 unspecified atom stereocenters. The van der Waals surface area contributed by atoms with Gasteiger partial charge in [-0.25, -0.2) is 9.78 Å². The lowest BCUT2D eigenvalue weighted by atomic mass is 10.3. The van der Waals surface area contributed by atoms with Crippen molar-refractivity contribution in [2.24, 2.45) is 0 Å². The van der Waals surface area contributed by atoms with E-state index in [2.05, 4.69) is 10.3 Å². The van der Waals surface area contributed by atoms with E-state index in [9.17, 15) is 9.90 Å². The molecule has 0 saturated carbocycles. The van der Waals surface area contributed by atoms with Gasteiger partial charge in [-0.3, -0.25) is 0 Å². The number of rotatable bonds is 5. The minimum absolute atomic E-state index is 0.0545. The van der Waals surface area contributed by atoms with Crippen molar-refractivity contribution in [3.63, 3.8) is 0 Å². The molecule has 2 amide bonds. The number of carbonyl (C=O) groups is 1. The zero-order chi connectivity index (χ0) is 14.6. The van der Waals surface area contributed by atoms with E-state index in [1.165, 1.54) is 0 Å². The van der Waals surface area contributed by atoms with E-state index in [0.717, 1.165) is 15.6 Å². The van der Waals surface area contributed by atoms with Gasteiger partial charge in [-0.15, -0.1) is 11.3 Å². The van der Waals surface area contributed by atoms with Crippen LogP contribution in [0.15, 0.2) is 0 Å². The van der Waals surface area contributed by atoms with E-state index in [1.807, 2.05) is 27.7 Å². The number of nitrogens with zero attached hydrogens (tertiary/aromatic N) is 2. The van der Waals surface area contributed by atoms with Gasteiger partial charge >= 0.3 is 6.03 Å². The Balaban J connectivity index is 2.60. The number of urea groups is 1. The Morgan fingerprint density at radius 1 is 1.42 bits per heavy atom. The summed E-state index contributed by atoms with van der Waals surface area (Å²) in [4.78, 5) is 19.1. The molecule has 0 saturated heterocycles. The minimum Gasteiger partial charge on any atom is -0.392 e. The van der Waals surface area contributed by atoms with Crippen LogP contribution < -0.4 is 5.32 Å². The molecule has 2 N–H and O–H groups in total. The molecule has 0 aliphatic carbocycles. The van der Waals surface area contributed by atoms with E-state index in [4.69, 9.17) is 0 Å². The average Bonchev–Trinajstić information content (AvgIpc) is 2.61. The number of amides is 2. The fourth-order valence-electron chi connectivity index (χ4n) is 1.81. The highest BCUT2D eigenvalue weighted by Crippen LogP contribution is 2.16. The second-order valence-corrected chi connectivity index (χ2v) is 6.28. The number of aryl methyl sites for hydroxylation is 2. The van der Waals surface area contributed by atoms with Crippen LogP contribution in [0.3, 0.4) is 0 Å². The highest BCUT2D eigenvalue weighted by atomic mass is 32.1. The monoisotopic (exact) mass is 285 g/mol. The van der Waals surface area contributed by atoms with Crippen molar-refractivity contribution in [1.29, 1.82) is 0 Å². The lowest BCUT2D eigenvalue weighted by molar-refractivity contribution is 0.119. The van der Waals surface area contributed by atoms with Crippen LogP contribution in [0.1, 0.15) is 36.3 Å². The molecule has 0 radical (unpaired) electrons. The van der Waals surface area contributed by atoms with Crippen molar-refractivity contribution in [1.82, 2.24) is 15.2 Å². The van der Waals surface area contributed by atoms with Crippen LogP contribution >= 0.6 is 11.3 Å². The first-order valence-electron chi connectivity index (χ1n) is 6.46. The molecule has 1 heterocycles. The van der Waals surface area contributed by atoms with Gasteiger partial charge in [0, 0.05) is 17.5 Å². The van der Waals surface area contributed by atoms with Gasteiger partial charge in [-0.2, -0.15) is 0 Å². The maximum atomic E-state index is 12.1. The number of nitrogens with one attached hydrogen (secondary N) is 1. The Morgan fingerprint density at radius 2 is 2.05 bits per heavy atom. The third-order valence-electron chi connectivity index (χ3n) is 2.74. The van der Waals surface area contributed by atoms with Gasteiger partial charge in [0.1, 0.15) is 0 Å². The van der Waals surface area contributed by atoms with Gasteiger partial charge in [0.15, 0.2) is 0 Å².